The molecule has 0 aliphatic carbocycles. The van der Waals surface area contributed by atoms with Gasteiger partial charge in [0, 0.05) is 6.20 Å². The number of hydrogen-bond donors (Lipinski definition) is 2. The minimum Gasteiger partial charge on any atom is -0.507 e. The Morgan fingerprint density at radius 1 is 1.11 bits per heavy atom. The second-order valence-corrected chi connectivity index (χ2v) is 9.93. The molecule has 2 N–H and O–H groups in total. The standard InChI is InChI=1S/C21H31N2O4P/c1-8-21(7,9-2)28(25,26-18-12-15(4)19(24)16(5)13-18)27-23-20-17(6)14(3)10-11-22-20/h10-13,24H,8-9H2,1-7H3,(H,22,23). The summed E-state index contributed by atoms with van der Waals surface area (Å²) >= 11 is 0. The largest absolute Gasteiger partial charge is 0.507 e. The van der Waals surface area contributed by atoms with Crippen LogP contribution in [0.3, 0.4) is 0 Å². The van der Waals surface area contributed by atoms with Crippen LogP contribution in [0.15, 0.2) is 24.4 Å². The molecular weight excluding hydrogens is 375 g/mol. The number of aromatic hydroxyl groups is 1. The number of phenols is 1. The molecule has 1 aromatic heterocycles. The number of aryl methyl sites for hydroxylation is 3. The van der Waals surface area contributed by atoms with E-state index in [-0.39, 0.29) is 5.75 Å². The minimum atomic E-state index is -3.65. The molecule has 1 unspecified atom stereocenters. The lowest BCUT2D eigenvalue weighted by Gasteiger charge is -2.34. The van der Waals surface area contributed by atoms with Gasteiger partial charge in [0.15, 0.2) is 5.82 Å². The minimum absolute atomic E-state index is 0.203. The van der Waals surface area contributed by atoms with Crippen LogP contribution in [0.2, 0.25) is 0 Å². The molecule has 0 fully saturated rings. The highest BCUT2D eigenvalue weighted by atomic mass is 31.2. The van der Waals surface area contributed by atoms with Crippen LogP contribution >= 0.6 is 7.60 Å². The quantitative estimate of drug-likeness (QED) is 0.400. The Morgan fingerprint density at radius 2 is 1.68 bits per heavy atom. The first-order chi connectivity index (χ1) is 13.1. The monoisotopic (exact) mass is 406 g/mol. The predicted octanol–water partition coefficient (Wildman–Crippen LogP) is 6.22. The van der Waals surface area contributed by atoms with Gasteiger partial charge in [0.25, 0.3) is 0 Å². The third-order valence-electron chi connectivity index (χ3n) is 5.61. The molecule has 0 saturated carbocycles. The molecule has 0 aliphatic heterocycles. The number of nitrogens with one attached hydrogen (secondary N) is 1. The molecule has 0 bridgehead atoms. The summed E-state index contributed by atoms with van der Waals surface area (Å²) in [6.45, 7) is 13.3. The molecule has 1 heterocycles. The zero-order valence-corrected chi connectivity index (χ0v) is 18.7. The molecule has 1 aromatic carbocycles. The molecule has 0 spiro atoms. The average molecular weight is 406 g/mol. The van der Waals surface area contributed by atoms with E-state index in [1.165, 1.54) is 0 Å². The molecule has 7 heteroatoms. The van der Waals surface area contributed by atoms with E-state index in [4.69, 9.17) is 9.15 Å². The summed E-state index contributed by atoms with van der Waals surface area (Å²) in [7, 11) is -3.65. The molecule has 28 heavy (non-hydrogen) atoms. The summed E-state index contributed by atoms with van der Waals surface area (Å²) in [6.07, 6.45) is 2.89. The topological polar surface area (TPSA) is 80.7 Å². The number of pyridine rings is 1. The summed E-state index contributed by atoms with van der Waals surface area (Å²) < 4.78 is 25.7. The number of benzene rings is 1. The first-order valence-corrected chi connectivity index (χ1v) is 11.1. The fourth-order valence-electron chi connectivity index (χ4n) is 2.82. The highest BCUT2D eigenvalue weighted by Crippen LogP contribution is 2.62. The summed E-state index contributed by atoms with van der Waals surface area (Å²) in [6, 6.07) is 5.24. The van der Waals surface area contributed by atoms with Gasteiger partial charge in [0.2, 0.25) is 0 Å². The van der Waals surface area contributed by atoms with Gasteiger partial charge in [-0.2, -0.15) is 4.62 Å². The van der Waals surface area contributed by atoms with Crippen molar-refractivity contribution in [1.82, 2.24) is 4.98 Å². The Labute approximate surface area is 167 Å². The second-order valence-electron chi connectivity index (χ2n) is 7.49. The molecule has 154 valence electrons. The number of aromatic nitrogens is 1. The van der Waals surface area contributed by atoms with Crippen LogP contribution < -0.4 is 10.0 Å². The molecule has 2 aromatic rings. The van der Waals surface area contributed by atoms with Gasteiger partial charge in [0.1, 0.15) is 11.5 Å². The summed E-state index contributed by atoms with van der Waals surface area (Å²) in [5, 5.41) is 9.32. The molecule has 1 atom stereocenters. The summed E-state index contributed by atoms with van der Waals surface area (Å²) in [5.41, 5.74) is 6.06. The van der Waals surface area contributed by atoms with Crippen molar-refractivity contribution < 1.29 is 18.8 Å². The highest BCUT2D eigenvalue weighted by molar-refractivity contribution is 7.56. The second kappa shape index (κ2) is 8.54. The fraction of sp³-hybridized carbons (Fsp3) is 0.476. The Balaban J connectivity index is 2.41. The van der Waals surface area contributed by atoms with Crippen molar-refractivity contribution in [3.63, 3.8) is 0 Å². The van der Waals surface area contributed by atoms with Crippen LogP contribution in [-0.2, 0) is 9.19 Å². The zero-order valence-electron chi connectivity index (χ0n) is 17.8. The van der Waals surface area contributed by atoms with Gasteiger partial charge in [-0.15, -0.1) is 0 Å². The molecular formula is C21H31N2O4P. The van der Waals surface area contributed by atoms with Crippen LogP contribution in [0.25, 0.3) is 0 Å². The molecule has 0 aliphatic rings. The number of nitrogens with zero attached hydrogens (tertiary/aromatic N) is 1. The highest BCUT2D eigenvalue weighted by Gasteiger charge is 2.47. The predicted molar refractivity (Wildman–Crippen MR) is 113 cm³/mol. The van der Waals surface area contributed by atoms with Crippen molar-refractivity contribution in [2.75, 3.05) is 5.48 Å². The summed E-state index contributed by atoms with van der Waals surface area (Å²) in [5.74, 6) is 1.12. The van der Waals surface area contributed by atoms with Crippen molar-refractivity contribution in [3.8, 4) is 11.5 Å². The van der Waals surface area contributed by atoms with Gasteiger partial charge in [0.05, 0.1) is 5.16 Å². The van der Waals surface area contributed by atoms with Crippen molar-refractivity contribution in [1.29, 1.82) is 0 Å². The SMILES string of the molecule is CCC(C)(CC)P(=O)(ONc1nccc(C)c1C)Oc1cc(C)c(O)c(C)c1. The maximum Gasteiger partial charge on any atom is 0.406 e. The first kappa shape index (κ1) is 22.3. The Kier molecular flexibility index (Phi) is 6.79. The molecule has 2 rings (SSSR count). The Morgan fingerprint density at radius 3 is 2.21 bits per heavy atom. The molecule has 0 amide bonds. The van der Waals surface area contributed by atoms with Crippen LogP contribution in [0, 0.1) is 27.7 Å². The normalized spacial score (nSPS) is 13.8. The van der Waals surface area contributed by atoms with E-state index >= 15 is 0 Å². The molecule has 0 radical (unpaired) electrons. The number of anilines is 1. The van der Waals surface area contributed by atoms with Crippen molar-refractivity contribution in [3.05, 3.63) is 46.6 Å². The first-order valence-electron chi connectivity index (χ1n) is 9.53. The van der Waals surface area contributed by atoms with E-state index in [0.717, 1.165) is 11.1 Å². The van der Waals surface area contributed by atoms with E-state index in [0.29, 0.717) is 35.5 Å². The number of phenolic OH excluding ortho intramolecular Hbond substituents is 1. The average Bonchev–Trinajstić information content (AvgIpc) is 2.66. The van der Waals surface area contributed by atoms with Crippen molar-refractivity contribution >= 4 is 13.4 Å². The van der Waals surface area contributed by atoms with Crippen LogP contribution in [0.1, 0.15) is 55.9 Å². The van der Waals surface area contributed by atoms with Gasteiger partial charge in [-0.3, -0.25) is 0 Å². The maximum atomic E-state index is 13.9. The lowest BCUT2D eigenvalue weighted by atomic mass is 10.1. The van der Waals surface area contributed by atoms with Crippen LogP contribution in [-0.4, -0.2) is 15.2 Å². The Hall–Kier alpha value is -2.04. The van der Waals surface area contributed by atoms with E-state index in [1.54, 1.807) is 32.2 Å². The zero-order chi connectivity index (χ0) is 21.1. The van der Waals surface area contributed by atoms with Gasteiger partial charge in [-0.05, 0) is 87.9 Å². The van der Waals surface area contributed by atoms with Gasteiger partial charge >= 0.3 is 7.60 Å². The molecule has 0 saturated heterocycles. The lowest BCUT2D eigenvalue weighted by Crippen LogP contribution is -2.28. The third kappa shape index (κ3) is 4.34. The summed E-state index contributed by atoms with van der Waals surface area (Å²) in [4.78, 5) is 4.28. The number of hydrogen-bond acceptors (Lipinski definition) is 6. The van der Waals surface area contributed by atoms with Gasteiger partial charge in [-0.25, -0.2) is 15.0 Å². The lowest BCUT2D eigenvalue weighted by molar-refractivity contribution is 0.279. The van der Waals surface area contributed by atoms with E-state index in [1.807, 2.05) is 40.7 Å². The fourth-order valence-corrected chi connectivity index (χ4v) is 4.66. The van der Waals surface area contributed by atoms with E-state index in [2.05, 4.69) is 10.5 Å². The number of rotatable bonds is 8. The molecule has 6 nitrogen and oxygen atoms in total. The van der Waals surface area contributed by atoms with Crippen LogP contribution in [0.4, 0.5) is 5.82 Å². The van der Waals surface area contributed by atoms with Gasteiger partial charge < -0.3 is 9.63 Å². The van der Waals surface area contributed by atoms with E-state index in [9.17, 15) is 9.67 Å². The van der Waals surface area contributed by atoms with Crippen LogP contribution in [0.5, 0.6) is 11.5 Å². The smallest absolute Gasteiger partial charge is 0.406 e. The van der Waals surface area contributed by atoms with Crippen molar-refractivity contribution in [2.24, 2.45) is 0 Å². The van der Waals surface area contributed by atoms with Gasteiger partial charge in [-0.1, -0.05) is 13.8 Å². The third-order valence-corrected chi connectivity index (χ3v) is 8.35. The Bertz CT molecular complexity index is 871. The van der Waals surface area contributed by atoms with Crippen molar-refractivity contribution in [2.45, 2.75) is 66.5 Å². The maximum absolute atomic E-state index is 13.9. The van der Waals surface area contributed by atoms with E-state index < -0.39 is 12.8 Å².